The quantitative estimate of drug-likeness (QED) is 0.735. The second-order valence-corrected chi connectivity index (χ2v) is 3.35. The van der Waals surface area contributed by atoms with E-state index >= 15 is 0 Å². The zero-order valence-electron chi connectivity index (χ0n) is 8.64. The van der Waals surface area contributed by atoms with E-state index in [9.17, 15) is 0 Å². The van der Waals surface area contributed by atoms with E-state index in [2.05, 4.69) is 4.98 Å². The predicted octanol–water partition coefficient (Wildman–Crippen LogP) is 0.530. The van der Waals surface area contributed by atoms with Gasteiger partial charge < -0.3 is 15.7 Å². The summed E-state index contributed by atoms with van der Waals surface area (Å²) in [5.41, 5.74) is 6.82. The zero-order valence-corrected chi connectivity index (χ0v) is 8.64. The standard InChI is InChI=1S/C10H17N3O/c1-8(11)9-4-3-5-12-10(9)13(2)6-7-14/h3-5,8,14H,6-7,11H2,1-2H3/t8-/m1/s1. The average molecular weight is 195 g/mol. The van der Waals surface area contributed by atoms with Crippen molar-refractivity contribution in [2.45, 2.75) is 13.0 Å². The number of pyridine rings is 1. The van der Waals surface area contributed by atoms with Gasteiger partial charge in [0.15, 0.2) is 0 Å². The molecule has 3 N–H and O–H groups in total. The van der Waals surface area contributed by atoms with Crippen LogP contribution in [-0.2, 0) is 0 Å². The molecule has 14 heavy (non-hydrogen) atoms. The number of nitrogens with zero attached hydrogens (tertiary/aromatic N) is 2. The molecule has 78 valence electrons. The largest absolute Gasteiger partial charge is 0.395 e. The summed E-state index contributed by atoms with van der Waals surface area (Å²) in [6.07, 6.45) is 1.73. The first-order chi connectivity index (χ1) is 6.66. The molecule has 1 aromatic heterocycles. The molecule has 0 saturated carbocycles. The van der Waals surface area contributed by atoms with Crippen molar-refractivity contribution < 1.29 is 5.11 Å². The van der Waals surface area contributed by atoms with Gasteiger partial charge in [-0.2, -0.15) is 0 Å². The van der Waals surface area contributed by atoms with E-state index in [1.54, 1.807) is 6.20 Å². The average Bonchev–Trinajstić information content (AvgIpc) is 2.18. The summed E-state index contributed by atoms with van der Waals surface area (Å²) in [6.45, 7) is 2.61. The van der Waals surface area contributed by atoms with Crippen molar-refractivity contribution in [3.05, 3.63) is 23.9 Å². The van der Waals surface area contributed by atoms with Crippen molar-refractivity contribution in [2.24, 2.45) is 5.73 Å². The lowest BCUT2D eigenvalue weighted by Crippen LogP contribution is -2.24. The molecule has 0 spiro atoms. The van der Waals surface area contributed by atoms with E-state index in [4.69, 9.17) is 10.8 Å². The van der Waals surface area contributed by atoms with E-state index < -0.39 is 0 Å². The van der Waals surface area contributed by atoms with Crippen molar-refractivity contribution in [3.8, 4) is 0 Å². The Bertz CT molecular complexity index is 288. The highest BCUT2D eigenvalue weighted by Gasteiger charge is 2.10. The molecule has 1 heterocycles. The summed E-state index contributed by atoms with van der Waals surface area (Å²) < 4.78 is 0. The molecule has 1 aromatic rings. The predicted molar refractivity (Wildman–Crippen MR) is 57.2 cm³/mol. The fourth-order valence-electron chi connectivity index (χ4n) is 1.34. The van der Waals surface area contributed by atoms with Gasteiger partial charge in [-0.15, -0.1) is 0 Å². The number of aromatic nitrogens is 1. The van der Waals surface area contributed by atoms with E-state index in [1.807, 2.05) is 31.0 Å². The van der Waals surface area contributed by atoms with Crippen LogP contribution >= 0.6 is 0 Å². The fraction of sp³-hybridized carbons (Fsp3) is 0.500. The van der Waals surface area contributed by atoms with Gasteiger partial charge in [0.1, 0.15) is 5.82 Å². The molecular formula is C10H17N3O. The van der Waals surface area contributed by atoms with Crippen molar-refractivity contribution >= 4 is 5.82 Å². The molecular weight excluding hydrogens is 178 g/mol. The molecule has 0 radical (unpaired) electrons. The normalized spacial score (nSPS) is 12.6. The maximum absolute atomic E-state index is 8.83. The lowest BCUT2D eigenvalue weighted by Gasteiger charge is -2.21. The number of likely N-dealkylation sites (N-methyl/N-ethyl adjacent to an activating group) is 1. The smallest absolute Gasteiger partial charge is 0.133 e. The van der Waals surface area contributed by atoms with Gasteiger partial charge in [-0.1, -0.05) is 6.07 Å². The van der Waals surface area contributed by atoms with Crippen molar-refractivity contribution in [1.29, 1.82) is 0 Å². The van der Waals surface area contributed by atoms with E-state index in [0.29, 0.717) is 6.54 Å². The molecule has 0 aromatic carbocycles. The zero-order chi connectivity index (χ0) is 10.6. The second kappa shape index (κ2) is 4.93. The summed E-state index contributed by atoms with van der Waals surface area (Å²) in [4.78, 5) is 6.15. The van der Waals surface area contributed by atoms with Crippen LogP contribution in [-0.4, -0.2) is 30.3 Å². The highest BCUT2D eigenvalue weighted by Crippen LogP contribution is 2.20. The first-order valence-corrected chi connectivity index (χ1v) is 4.69. The minimum absolute atomic E-state index is 0.0418. The van der Waals surface area contributed by atoms with Crippen LogP contribution in [0.25, 0.3) is 0 Å². The Kier molecular flexibility index (Phi) is 3.85. The third-order valence-electron chi connectivity index (χ3n) is 2.10. The SMILES string of the molecule is C[C@@H](N)c1cccnc1N(C)CCO. The molecule has 0 fully saturated rings. The van der Waals surface area contributed by atoms with Crippen LogP contribution in [0.1, 0.15) is 18.5 Å². The van der Waals surface area contributed by atoms with E-state index in [0.717, 1.165) is 11.4 Å². The Balaban J connectivity index is 2.94. The number of rotatable bonds is 4. The van der Waals surface area contributed by atoms with Crippen LogP contribution in [0.5, 0.6) is 0 Å². The highest BCUT2D eigenvalue weighted by molar-refractivity contribution is 5.47. The summed E-state index contributed by atoms with van der Waals surface area (Å²) in [5.74, 6) is 0.844. The van der Waals surface area contributed by atoms with Crippen LogP contribution < -0.4 is 10.6 Å². The number of aliphatic hydroxyl groups is 1. The molecule has 4 nitrogen and oxygen atoms in total. The third kappa shape index (κ3) is 2.43. The van der Waals surface area contributed by atoms with Crippen molar-refractivity contribution in [2.75, 3.05) is 25.1 Å². The van der Waals surface area contributed by atoms with Gasteiger partial charge in [0.05, 0.1) is 6.61 Å². The first-order valence-electron chi connectivity index (χ1n) is 4.69. The summed E-state index contributed by atoms with van der Waals surface area (Å²) in [5, 5.41) is 8.83. The maximum Gasteiger partial charge on any atom is 0.133 e. The number of hydrogen-bond acceptors (Lipinski definition) is 4. The fourth-order valence-corrected chi connectivity index (χ4v) is 1.34. The van der Waals surface area contributed by atoms with Gasteiger partial charge in [-0.3, -0.25) is 0 Å². The molecule has 0 amide bonds. The molecule has 0 aliphatic heterocycles. The summed E-state index contributed by atoms with van der Waals surface area (Å²) >= 11 is 0. The number of aliphatic hydroxyl groups excluding tert-OH is 1. The maximum atomic E-state index is 8.83. The van der Waals surface area contributed by atoms with E-state index in [1.165, 1.54) is 0 Å². The number of hydrogen-bond donors (Lipinski definition) is 2. The highest BCUT2D eigenvalue weighted by atomic mass is 16.3. The first kappa shape index (κ1) is 10.9. The Morgan fingerprint density at radius 1 is 1.64 bits per heavy atom. The molecule has 0 aliphatic rings. The van der Waals surface area contributed by atoms with Crippen LogP contribution in [0.15, 0.2) is 18.3 Å². The van der Waals surface area contributed by atoms with Gasteiger partial charge in [-0.05, 0) is 13.0 Å². The summed E-state index contributed by atoms with van der Waals surface area (Å²) in [7, 11) is 1.89. The van der Waals surface area contributed by atoms with Gasteiger partial charge in [0.2, 0.25) is 0 Å². The van der Waals surface area contributed by atoms with Crippen molar-refractivity contribution in [1.82, 2.24) is 4.98 Å². The lowest BCUT2D eigenvalue weighted by atomic mass is 10.1. The van der Waals surface area contributed by atoms with Crippen LogP contribution in [0.2, 0.25) is 0 Å². The van der Waals surface area contributed by atoms with Crippen LogP contribution in [0, 0.1) is 0 Å². The van der Waals surface area contributed by atoms with Crippen molar-refractivity contribution in [3.63, 3.8) is 0 Å². The molecule has 0 bridgehead atoms. The van der Waals surface area contributed by atoms with Gasteiger partial charge in [0.25, 0.3) is 0 Å². The Hall–Kier alpha value is -1.13. The minimum Gasteiger partial charge on any atom is -0.395 e. The van der Waals surface area contributed by atoms with Crippen LogP contribution in [0.3, 0.4) is 0 Å². The Labute approximate surface area is 84.4 Å². The third-order valence-corrected chi connectivity index (χ3v) is 2.10. The molecule has 0 unspecified atom stereocenters. The van der Waals surface area contributed by atoms with E-state index in [-0.39, 0.29) is 12.6 Å². The molecule has 1 rings (SSSR count). The Morgan fingerprint density at radius 2 is 2.36 bits per heavy atom. The van der Waals surface area contributed by atoms with Gasteiger partial charge >= 0.3 is 0 Å². The number of anilines is 1. The van der Waals surface area contributed by atoms with Gasteiger partial charge in [-0.25, -0.2) is 4.98 Å². The van der Waals surface area contributed by atoms with Crippen LogP contribution in [0.4, 0.5) is 5.82 Å². The second-order valence-electron chi connectivity index (χ2n) is 3.35. The molecule has 0 aliphatic carbocycles. The summed E-state index contributed by atoms with van der Waals surface area (Å²) in [6, 6.07) is 3.79. The lowest BCUT2D eigenvalue weighted by molar-refractivity contribution is 0.303. The topological polar surface area (TPSA) is 62.4 Å². The molecule has 1 atom stereocenters. The minimum atomic E-state index is -0.0418. The molecule has 0 saturated heterocycles. The Morgan fingerprint density at radius 3 is 2.93 bits per heavy atom. The molecule has 4 heteroatoms. The van der Waals surface area contributed by atoms with Gasteiger partial charge in [0, 0.05) is 31.4 Å². The monoisotopic (exact) mass is 195 g/mol. The number of nitrogens with two attached hydrogens (primary N) is 1.